The zero-order valence-electron chi connectivity index (χ0n) is 11.9. The summed E-state index contributed by atoms with van der Waals surface area (Å²) in [5.74, 6) is 0.516. The van der Waals surface area contributed by atoms with Crippen molar-refractivity contribution >= 4 is 11.7 Å². The predicted molar refractivity (Wildman–Crippen MR) is 77.1 cm³/mol. The standard InChI is InChI=1S/C14H19N5O/c1-9(2)12-4-11(5-13(15)18-12)14(20)19(3)8-10-6-16-17-7-10/h4-7,9H,8H2,1-3H3,(H2,15,18)(H,16,17). The summed E-state index contributed by atoms with van der Waals surface area (Å²) in [6.45, 7) is 4.53. The van der Waals surface area contributed by atoms with Crippen LogP contribution in [0, 0.1) is 0 Å². The highest BCUT2D eigenvalue weighted by Gasteiger charge is 2.15. The molecule has 6 heteroatoms. The molecule has 0 fully saturated rings. The highest BCUT2D eigenvalue weighted by molar-refractivity contribution is 5.94. The van der Waals surface area contributed by atoms with Gasteiger partial charge in [-0.25, -0.2) is 4.98 Å². The average Bonchev–Trinajstić information content (AvgIpc) is 2.89. The maximum absolute atomic E-state index is 12.4. The molecule has 0 aromatic carbocycles. The van der Waals surface area contributed by atoms with Gasteiger partial charge in [0.2, 0.25) is 0 Å². The molecule has 106 valence electrons. The van der Waals surface area contributed by atoms with E-state index in [4.69, 9.17) is 5.73 Å². The lowest BCUT2D eigenvalue weighted by molar-refractivity contribution is 0.0785. The number of hydrogen-bond donors (Lipinski definition) is 2. The Kier molecular flexibility index (Phi) is 4.02. The Morgan fingerprint density at radius 3 is 2.80 bits per heavy atom. The highest BCUT2D eigenvalue weighted by atomic mass is 16.2. The number of amides is 1. The Balaban J connectivity index is 2.19. The molecule has 0 unspecified atom stereocenters. The lowest BCUT2D eigenvalue weighted by Gasteiger charge is -2.17. The maximum atomic E-state index is 12.4. The van der Waals surface area contributed by atoms with E-state index < -0.39 is 0 Å². The number of nitrogen functional groups attached to an aromatic ring is 1. The van der Waals surface area contributed by atoms with Crippen molar-refractivity contribution in [3.8, 4) is 0 Å². The molecule has 20 heavy (non-hydrogen) atoms. The molecule has 0 spiro atoms. The first-order valence-electron chi connectivity index (χ1n) is 6.48. The van der Waals surface area contributed by atoms with Gasteiger partial charge in [0.1, 0.15) is 5.82 Å². The van der Waals surface area contributed by atoms with E-state index in [1.165, 1.54) is 0 Å². The van der Waals surface area contributed by atoms with Crippen LogP contribution >= 0.6 is 0 Å². The Bertz CT molecular complexity index is 592. The fourth-order valence-corrected chi connectivity index (χ4v) is 1.92. The second-order valence-electron chi connectivity index (χ2n) is 5.13. The second kappa shape index (κ2) is 5.73. The monoisotopic (exact) mass is 273 g/mol. The molecule has 6 nitrogen and oxygen atoms in total. The molecule has 0 bridgehead atoms. The first-order valence-corrected chi connectivity index (χ1v) is 6.48. The Hall–Kier alpha value is -2.37. The molecule has 0 aliphatic heterocycles. The number of H-pyrrole nitrogens is 1. The summed E-state index contributed by atoms with van der Waals surface area (Å²) in [7, 11) is 1.75. The fraction of sp³-hybridized carbons (Fsp3) is 0.357. The third-order valence-electron chi connectivity index (χ3n) is 3.02. The molecule has 0 atom stereocenters. The van der Waals surface area contributed by atoms with Crippen LogP contribution in [-0.4, -0.2) is 33.0 Å². The average molecular weight is 273 g/mol. The largest absolute Gasteiger partial charge is 0.384 e. The fourth-order valence-electron chi connectivity index (χ4n) is 1.92. The molecule has 1 amide bonds. The van der Waals surface area contributed by atoms with Gasteiger partial charge in [-0.05, 0) is 18.1 Å². The molecule has 0 aliphatic carbocycles. The number of nitrogens with zero attached hydrogens (tertiary/aromatic N) is 3. The number of anilines is 1. The number of carbonyl (C=O) groups excluding carboxylic acids is 1. The summed E-state index contributed by atoms with van der Waals surface area (Å²) in [5.41, 5.74) is 8.11. The van der Waals surface area contributed by atoms with Crippen LogP contribution in [0.2, 0.25) is 0 Å². The van der Waals surface area contributed by atoms with Crippen LogP contribution in [-0.2, 0) is 6.54 Å². The molecule has 0 saturated heterocycles. The van der Waals surface area contributed by atoms with E-state index in [-0.39, 0.29) is 11.8 Å². The molecule has 2 heterocycles. The van der Waals surface area contributed by atoms with Gasteiger partial charge < -0.3 is 10.6 Å². The van der Waals surface area contributed by atoms with Crippen molar-refractivity contribution in [1.29, 1.82) is 0 Å². The van der Waals surface area contributed by atoms with E-state index in [1.807, 2.05) is 13.8 Å². The first-order chi connectivity index (χ1) is 9.47. The van der Waals surface area contributed by atoms with E-state index in [1.54, 1.807) is 36.5 Å². The quantitative estimate of drug-likeness (QED) is 0.888. The summed E-state index contributed by atoms with van der Waals surface area (Å²) in [6, 6.07) is 3.41. The zero-order chi connectivity index (χ0) is 14.7. The summed E-state index contributed by atoms with van der Waals surface area (Å²) in [5, 5.41) is 6.59. The zero-order valence-corrected chi connectivity index (χ0v) is 11.9. The summed E-state index contributed by atoms with van der Waals surface area (Å²) < 4.78 is 0. The normalized spacial score (nSPS) is 10.8. The molecule has 2 aromatic rings. The third-order valence-corrected chi connectivity index (χ3v) is 3.02. The van der Waals surface area contributed by atoms with Crippen LogP contribution in [0.4, 0.5) is 5.82 Å². The molecule has 0 radical (unpaired) electrons. The van der Waals surface area contributed by atoms with Gasteiger partial charge in [-0.15, -0.1) is 0 Å². The van der Waals surface area contributed by atoms with Crippen molar-refractivity contribution in [2.24, 2.45) is 0 Å². The Morgan fingerprint density at radius 2 is 2.20 bits per heavy atom. The number of pyridine rings is 1. The van der Waals surface area contributed by atoms with E-state index in [0.717, 1.165) is 11.3 Å². The van der Waals surface area contributed by atoms with E-state index in [2.05, 4.69) is 15.2 Å². The molecular weight excluding hydrogens is 254 g/mol. The summed E-state index contributed by atoms with van der Waals surface area (Å²) >= 11 is 0. The van der Waals surface area contributed by atoms with Crippen LogP contribution in [0.25, 0.3) is 0 Å². The van der Waals surface area contributed by atoms with E-state index in [9.17, 15) is 4.79 Å². The number of rotatable bonds is 4. The van der Waals surface area contributed by atoms with Gasteiger partial charge in [0.05, 0.1) is 6.20 Å². The van der Waals surface area contributed by atoms with Crippen molar-refractivity contribution in [1.82, 2.24) is 20.1 Å². The second-order valence-corrected chi connectivity index (χ2v) is 5.13. The Morgan fingerprint density at radius 1 is 1.45 bits per heavy atom. The number of nitrogens with two attached hydrogens (primary N) is 1. The van der Waals surface area contributed by atoms with Crippen LogP contribution in [0.15, 0.2) is 24.5 Å². The van der Waals surface area contributed by atoms with Crippen LogP contribution in [0.1, 0.15) is 41.4 Å². The van der Waals surface area contributed by atoms with E-state index >= 15 is 0 Å². The van der Waals surface area contributed by atoms with Crippen molar-refractivity contribution < 1.29 is 4.79 Å². The maximum Gasteiger partial charge on any atom is 0.254 e. The van der Waals surface area contributed by atoms with Gasteiger partial charge in [-0.3, -0.25) is 9.89 Å². The van der Waals surface area contributed by atoms with Crippen LogP contribution < -0.4 is 5.73 Å². The predicted octanol–water partition coefficient (Wildman–Crippen LogP) is 1.78. The van der Waals surface area contributed by atoms with E-state index in [0.29, 0.717) is 17.9 Å². The van der Waals surface area contributed by atoms with Gasteiger partial charge in [-0.2, -0.15) is 5.10 Å². The molecule has 0 saturated carbocycles. The first kappa shape index (κ1) is 14.0. The lowest BCUT2D eigenvalue weighted by Crippen LogP contribution is -2.26. The topological polar surface area (TPSA) is 87.9 Å². The number of carbonyl (C=O) groups is 1. The van der Waals surface area contributed by atoms with Crippen molar-refractivity contribution in [2.75, 3.05) is 12.8 Å². The molecule has 3 N–H and O–H groups in total. The minimum atomic E-state index is -0.0813. The SMILES string of the molecule is CC(C)c1cc(C(=O)N(C)Cc2cn[nH]c2)cc(N)n1. The van der Waals surface area contributed by atoms with Crippen LogP contribution in [0.5, 0.6) is 0 Å². The minimum absolute atomic E-state index is 0.0813. The van der Waals surface area contributed by atoms with Crippen LogP contribution in [0.3, 0.4) is 0 Å². The smallest absolute Gasteiger partial charge is 0.254 e. The number of nitrogens with one attached hydrogen (secondary N) is 1. The molecule has 2 rings (SSSR count). The molecule has 2 aromatic heterocycles. The number of aromatic amines is 1. The van der Waals surface area contributed by atoms with Gasteiger partial charge in [0.25, 0.3) is 5.91 Å². The minimum Gasteiger partial charge on any atom is -0.384 e. The van der Waals surface area contributed by atoms with Gasteiger partial charge in [0.15, 0.2) is 0 Å². The molecule has 0 aliphatic rings. The number of aromatic nitrogens is 3. The van der Waals surface area contributed by atoms with Crippen molar-refractivity contribution in [3.63, 3.8) is 0 Å². The van der Waals surface area contributed by atoms with Crippen molar-refractivity contribution in [2.45, 2.75) is 26.3 Å². The third kappa shape index (κ3) is 3.14. The summed E-state index contributed by atoms with van der Waals surface area (Å²) in [6.07, 6.45) is 3.47. The lowest BCUT2D eigenvalue weighted by atomic mass is 10.1. The Labute approximate surface area is 118 Å². The highest BCUT2D eigenvalue weighted by Crippen LogP contribution is 2.17. The van der Waals surface area contributed by atoms with Gasteiger partial charge in [-0.1, -0.05) is 13.8 Å². The number of hydrogen-bond acceptors (Lipinski definition) is 4. The molecular formula is C14H19N5O. The van der Waals surface area contributed by atoms with Gasteiger partial charge in [0, 0.05) is 36.6 Å². The van der Waals surface area contributed by atoms with Crippen molar-refractivity contribution in [3.05, 3.63) is 41.3 Å². The van der Waals surface area contributed by atoms with Gasteiger partial charge >= 0.3 is 0 Å². The summed E-state index contributed by atoms with van der Waals surface area (Å²) in [4.78, 5) is 18.3.